The van der Waals surface area contributed by atoms with Crippen LogP contribution in [0.5, 0.6) is 0 Å². The normalized spacial score (nSPS) is 24.3. The Bertz CT molecular complexity index is 395. The fourth-order valence-corrected chi connectivity index (χ4v) is 2.08. The third-order valence-electron chi connectivity index (χ3n) is 2.91. The van der Waals surface area contributed by atoms with E-state index in [1.165, 1.54) is 0 Å². The molecule has 1 aliphatic carbocycles. The molecular formula is C11H15N3O2. The first kappa shape index (κ1) is 10.9. The summed E-state index contributed by atoms with van der Waals surface area (Å²) in [4.78, 5) is 19.0. The molecule has 1 heterocycles. The van der Waals surface area contributed by atoms with Crippen molar-refractivity contribution in [3.63, 3.8) is 0 Å². The second kappa shape index (κ2) is 4.47. The summed E-state index contributed by atoms with van der Waals surface area (Å²) in [6, 6.07) is 2.02. The minimum absolute atomic E-state index is 0.208. The maximum atomic E-state index is 10.8. The van der Waals surface area contributed by atoms with E-state index in [9.17, 15) is 4.79 Å². The third kappa shape index (κ3) is 2.48. The molecule has 0 saturated heterocycles. The number of carboxylic acids is 1. The Morgan fingerprint density at radius 1 is 1.56 bits per heavy atom. The number of anilines is 1. The zero-order valence-electron chi connectivity index (χ0n) is 9.18. The molecular weight excluding hydrogens is 206 g/mol. The lowest BCUT2D eigenvalue weighted by molar-refractivity contribution is -0.141. The average Bonchev–Trinajstić information content (AvgIpc) is 2.66. The summed E-state index contributed by atoms with van der Waals surface area (Å²) in [5.74, 6) is 0.602. The van der Waals surface area contributed by atoms with Crippen LogP contribution in [0.3, 0.4) is 0 Å². The van der Waals surface area contributed by atoms with Crippen molar-refractivity contribution >= 4 is 11.8 Å². The van der Waals surface area contributed by atoms with Crippen molar-refractivity contribution < 1.29 is 9.90 Å². The van der Waals surface area contributed by atoms with Crippen LogP contribution in [0.1, 0.15) is 25.1 Å². The molecule has 0 radical (unpaired) electrons. The molecule has 1 aromatic rings. The summed E-state index contributed by atoms with van der Waals surface area (Å²) < 4.78 is 0. The Balaban J connectivity index is 1.94. The van der Waals surface area contributed by atoms with Gasteiger partial charge in [0.2, 0.25) is 0 Å². The Morgan fingerprint density at radius 2 is 2.38 bits per heavy atom. The predicted molar refractivity (Wildman–Crippen MR) is 59.2 cm³/mol. The van der Waals surface area contributed by atoms with E-state index in [2.05, 4.69) is 15.3 Å². The summed E-state index contributed by atoms with van der Waals surface area (Å²) in [7, 11) is 0. The van der Waals surface area contributed by atoms with Crippen molar-refractivity contribution in [2.45, 2.75) is 32.2 Å². The number of hydrogen-bond acceptors (Lipinski definition) is 4. The molecule has 5 heteroatoms. The van der Waals surface area contributed by atoms with Crippen LogP contribution in [0.2, 0.25) is 0 Å². The number of nitrogens with zero attached hydrogens (tertiary/aromatic N) is 2. The largest absolute Gasteiger partial charge is 0.481 e. The SMILES string of the molecule is Cc1nccc(NC2CCC(C(=O)O)C2)n1. The highest BCUT2D eigenvalue weighted by atomic mass is 16.4. The van der Waals surface area contributed by atoms with Crippen LogP contribution < -0.4 is 5.32 Å². The van der Waals surface area contributed by atoms with Gasteiger partial charge in [0, 0.05) is 12.2 Å². The summed E-state index contributed by atoms with van der Waals surface area (Å²) in [6.45, 7) is 1.83. The van der Waals surface area contributed by atoms with Crippen molar-refractivity contribution in [1.82, 2.24) is 9.97 Å². The molecule has 0 amide bonds. The number of nitrogens with one attached hydrogen (secondary N) is 1. The number of carbonyl (C=O) groups is 1. The number of aliphatic carboxylic acids is 1. The molecule has 0 spiro atoms. The zero-order chi connectivity index (χ0) is 11.5. The van der Waals surface area contributed by atoms with Gasteiger partial charge in [-0.1, -0.05) is 0 Å². The Morgan fingerprint density at radius 3 is 3.00 bits per heavy atom. The highest BCUT2D eigenvalue weighted by Crippen LogP contribution is 2.27. The summed E-state index contributed by atoms with van der Waals surface area (Å²) in [5, 5.41) is 12.1. The van der Waals surface area contributed by atoms with Gasteiger partial charge in [-0.3, -0.25) is 4.79 Å². The molecule has 1 saturated carbocycles. The number of aromatic nitrogens is 2. The summed E-state index contributed by atoms with van der Waals surface area (Å²) >= 11 is 0. The van der Waals surface area contributed by atoms with Gasteiger partial charge in [-0.25, -0.2) is 9.97 Å². The molecule has 1 aromatic heterocycles. The molecule has 2 unspecified atom stereocenters. The highest BCUT2D eigenvalue weighted by Gasteiger charge is 2.29. The fourth-order valence-electron chi connectivity index (χ4n) is 2.08. The molecule has 1 fully saturated rings. The second-order valence-corrected chi connectivity index (χ2v) is 4.18. The predicted octanol–water partition coefficient (Wildman–Crippen LogP) is 1.45. The minimum Gasteiger partial charge on any atom is -0.481 e. The van der Waals surface area contributed by atoms with Crippen molar-refractivity contribution in [1.29, 1.82) is 0 Å². The molecule has 1 aliphatic rings. The monoisotopic (exact) mass is 221 g/mol. The molecule has 2 rings (SSSR count). The quantitative estimate of drug-likeness (QED) is 0.808. The van der Waals surface area contributed by atoms with Crippen LogP contribution in [0.15, 0.2) is 12.3 Å². The van der Waals surface area contributed by atoms with Crippen LogP contribution in [-0.2, 0) is 4.79 Å². The zero-order valence-corrected chi connectivity index (χ0v) is 9.18. The van der Waals surface area contributed by atoms with Crippen LogP contribution in [0.25, 0.3) is 0 Å². The number of rotatable bonds is 3. The van der Waals surface area contributed by atoms with E-state index in [4.69, 9.17) is 5.11 Å². The van der Waals surface area contributed by atoms with Crippen molar-refractivity contribution in [3.8, 4) is 0 Å². The van der Waals surface area contributed by atoms with E-state index in [0.717, 1.165) is 24.5 Å². The van der Waals surface area contributed by atoms with Gasteiger partial charge < -0.3 is 10.4 Å². The van der Waals surface area contributed by atoms with E-state index in [-0.39, 0.29) is 12.0 Å². The molecule has 86 valence electrons. The van der Waals surface area contributed by atoms with Gasteiger partial charge in [-0.2, -0.15) is 0 Å². The molecule has 0 bridgehead atoms. The number of carboxylic acid groups (broad SMARTS) is 1. The Hall–Kier alpha value is -1.65. The maximum Gasteiger partial charge on any atom is 0.306 e. The van der Waals surface area contributed by atoms with Gasteiger partial charge in [0.15, 0.2) is 0 Å². The van der Waals surface area contributed by atoms with Crippen LogP contribution >= 0.6 is 0 Å². The minimum atomic E-state index is -0.692. The van der Waals surface area contributed by atoms with Crippen LogP contribution in [-0.4, -0.2) is 27.1 Å². The Labute approximate surface area is 93.9 Å². The molecule has 5 nitrogen and oxygen atoms in total. The Kier molecular flexibility index (Phi) is 3.03. The topological polar surface area (TPSA) is 75.1 Å². The average molecular weight is 221 g/mol. The highest BCUT2D eigenvalue weighted by molar-refractivity contribution is 5.70. The van der Waals surface area contributed by atoms with Gasteiger partial charge in [0.25, 0.3) is 0 Å². The maximum absolute atomic E-state index is 10.8. The smallest absolute Gasteiger partial charge is 0.306 e. The van der Waals surface area contributed by atoms with E-state index < -0.39 is 5.97 Å². The molecule has 2 N–H and O–H groups in total. The molecule has 16 heavy (non-hydrogen) atoms. The summed E-state index contributed by atoms with van der Waals surface area (Å²) in [5.41, 5.74) is 0. The van der Waals surface area contributed by atoms with E-state index >= 15 is 0 Å². The first-order valence-corrected chi connectivity index (χ1v) is 5.44. The van der Waals surface area contributed by atoms with Crippen molar-refractivity contribution in [2.24, 2.45) is 5.92 Å². The fraction of sp³-hybridized carbons (Fsp3) is 0.545. The van der Waals surface area contributed by atoms with Gasteiger partial charge in [-0.15, -0.1) is 0 Å². The van der Waals surface area contributed by atoms with Gasteiger partial charge in [0.05, 0.1) is 5.92 Å². The number of aryl methyl sites for hydroxylation is 1. The van der Waals surface area contributed by atoms with E-state index in [1.54, 1.807) is 12.3 Å². The van der Waals surface area contributed by atoms with E-state index in [0.29, 0.717) is 6.42 Å². The standard InChI is InChI=1S/C11H15N3O2/c1-7-12-5-4-10(13-7)14-9-3-2-8(6-9)11(15)16/h4-5,8-9H,2-3,6H2,1H3,(H,15,16)(H,12,13,14). The van der Waals surface area contributed by atoms with Crippen molar-refractivity contribution in [3.05, 3.63) is 18.1 Å². The van der Waals surface area contributed by atoms with Gasteiger partial charge in [0.1, 0.15) is 11.6 Å². The first-order valence-electron chi connectivity index (χ1n) is 5.44. The molecule has 2 atom stereocenters. The first-order chi connectivity index (χ1) is 7.65. The van der Waals surface area contributed by atoms with Gasteiger partial charge in [-0.05, 0) is 32.3 Å². The summed E-state index contributed by atoms with van der Waals surface area (Å²) in [6.07, 6.45) is 4.02. The lowest BCUT2D eigenvalue weighted by Crippen LogP contribution is -2.18. The lowest BCUT2D eigenvalue weighted by Gasteiger charge is -2.12. The van der Waals surface area contributed by atoms with Crippen molar-refractivity contribution in [2.75, 3.05) is 5.32 Å². The van der Waals surface area contributed by atoms with Gasteiger partial charge >= 0.3 is 5.97 Å². The van der Waals surface area contributed by atoms with Crippen LogP contribution in [0, 0.1) is 12.8 Å². The third-order valence-corrected chi connectivity index (χ3v) is 2.91. The molecule has 0 aliphatic heterocycles. The number of hydrogen-bond donors (Lipinski definition) is 2. The lowest BCUT2D eigenvalue weighted by atomic mass is 10.1. The van der Waals surface area contributed by atoms with Crippen LogP contribution in [0.4, 0.5) is 5.82 Å². The molecule has 0 aromatic carbocycles. The van der Waals surface area contributed by atoms with E-state index in [1.807, 2.05) is 6.92 Å². The second-order valence-electron chi connectivity index (χ2n) is 4.18.